The van der Waals surface area contributed by atoms with Crippen LogP contribution in [-0.2, 0) is 6.42 Å². The summed E-state index contributed by atoms with van der Waals surface area (Å²) in [5.41, 5.74) is 6.41. The summed E-state index contributed by atoms with van der Waals surface area (Å²) in [4.78, 5) is 5.04. The first-order valence-corrected chi connectivity index (χ1v) is 10.5. The van der Waals surface area contributed by atoms with E-state index >= 15 is 0 Å². The van der Waals surface area contributed by atoms with Crippen molar-refractivity contribution in [3.05, 3.63) is 82.0 Å². The SMILES string of the molecule is CC.Cc1ccc2c(Cc3cccs3)c(-c3ccccc3)[nH]c2c1.N#CCC#N. The molecule has 0 radical (unpaired) electrons. The topological polar surface area (TPSA) is 63.4 Å². The van der Waals surface area contributed by atoms with Crippen molar-refractivity contribution in [1.82, 2.24) is 4.98 Å². The van der Waals surface area contributed by atoms with Crippen LogP contribution in [-0.4, -0.2) is 4.98 Å². The maximum atomic E-state index is 7.59. The Kier molecular flexibility index (Phi) is 8.70. The zero-order chi connectivity index (χ0) is 21.1. The normalized spacial score (nSPS) is 9.41. The molecule has 0 aliphatic rings. The second-order valence-electron chi connectivity index (χ2n) is 6.14. The molecule has 0 fully saturated rings. The van der Waals surface area contributed by atoms with Gasteiger partial charge in [-0.2, -0.15) is 10.5 Å². The van der Waals surface area contributed by atoms with E-state index in [9.17, 15) is 0 Å². The minimum Gasteiger partial charge on any atom is -0.354 e. The number of aryl methyl sites for hydroxylation is 1. The molecule has 29 heavy (non-hydrogen) atoms. The predicted octanol–water partition coefficient (Wildman–Crippen LogP) is 7.25. The van der Waals surface area contributed by atoms with E-state index in [1.54, 1.807) is 12.1 Å². The van der Waals surface area contributed by atoms with Gasteiger partial charge in [-0.1, -0.05) is 62.4 Å². The highest BCUT2D eigenvalue weighted by atomic mass is 32.1. The highest BCUT2D eigenvalue weighted by Gasteiger charge is 2.14. The van der Waals surface area contributed by atoms with Gasteiger partial charge in [0.05, 0.1) is 17.8 Å². The third-order valence-electron chi connectivity index (χ3n) is 4.21. The first kappa shape index (κ1) is 22.0. The molecule has 0 atom stereocenters. The van der Waals surface area contributed by atoms with Crippen LogP contribution < -0.4 is 0 Å². The van der Waals surface area contributed by atoms with Gasteiger partial charge >= 0.3 is 0 Å². The molecule has 0 saturated carbocycles. The van der Waals surface area contributed by atoms with Gasteiger partial charge in [-0.15, -0.1) is 11.3 Å². The van der Waals surface area contributed by atoms with Crippen LogP contribution in [0.1, 0.15) is 36.3 Å². The molecule has 0 amide bonds. The number of thiophene rings is 1. The number of aromatic nitrogens is 1. The molecular formula is C25H25N3S. The number of hydrogen-bond acceptors (Lipinski definition) is 3. The van der Waals surface area contributed by atoms with Crippen LogP contribution in [0.4, 0.5) is 0 Å². The molecular weight excluding hydrogens is 374 g/mol. The Labute approximate surface area is 176 Å². The van der Waals surface area contributed by atoms with Gasteiger partial charge in [0.25, 0.3) is 0 Å². The lowest BCUT2D eigenvalue weighted by molar-refractivity contribution is 1.26. The van der Waals surface area contributed by atoms with Crippen molar-refractivity contribution in [2.75, 3.05) is 0 Å². The minimum absolute atomic E-state index is 0. The highest BCUT2D eigenvalue weighted by Crippen LogP contribution is 2.33. The van der Waals surface area contributed by atoms with E-state index in [4.69, 9.17) is 10.5 Å². The Balaban J connectivity index is 0.000000378. The van der Waals surface area contributed by atoms with Crippen molar-refractivity contribution < 1.29 is 0 Å². The van der Waals surface area contributed by atoms with Gasteiger partial charge in [0, 0.05) is 22.2 Å². The Morgan fingerprint density at radius 2 is 1.66 bits per heavy atom. The fourth-order valence-electron chi connectivity index (χ4n) is 3.03. The molecule has 0 aliphatic carbocycles. The van der Waals surface area contributed by atoms with Crippen LogP contribution in [0.5, 0.6) is 0 Å². The van der Waals surface area contributed by atoms with Crippen molar-refractivity contribution in [1.29, 1.82) is 10.5 Å². The zero-order valence-corrected chi connectivity index (χ0v) is 17.9. The minimum atomic E-state index is 0. The van der Waals surface area contributed by atoms with E-state index in [0.29, 0.717) is 0 Å². The van der Waals surface area contributed by atoms with Gasteiger partial charge in [0.15, 0.2) is 0 Å². The molecule has 0 unspecified atom stereocenters. The monoisotopic (exact) mass is 399 g/mol. The summed E-state index contributed by atoms with van der Waals surface area (Å²) in [6.07, 6.45) is 0.977. The molecule has 1 N–H and O–H groups in total. The van der Waals surface area contributed by atoms with E-state index in [1.807, 2.05) is 25.2 Å². The molecule has 4 heteroatoms. The van der Waals surface area contributed by atoms with Crippen molar-refractivity contribution in [2.24, 2.45) is 0 Å². The fourth-order valence-corrected chi connectivity index (χ4v) is 3.74. The lowest BCUT2D eigenvalue weighted by atomic mass is 10.0. The smallest absolute Gasteiger partial charge is 0.122 e. The number of hydrogen-bond donors (Lipinski definition) is 1. The number of H-pyrrole nitrogens is 1. The van der Waals surface area contributed by atoms with Crippen molar-refractivity contribution in [3.8, 4) is 23.4 Å². The van der Waals surface area contributed by atoms with Crippen LogP contribution in [0.15, 0.2) is 66.0 Å². The standard InChI is InChI=1S/C20H17NS.C3H2N2.C2H6/c1-14-9-10-17-18(13-16-8-5-11-22-16)20(21-19(17)12-14)15-6-3-2-4-7-15;4-2-1-3-5;1-2/h2-12,21H,13H2,1H3;1H2;1-2H3. The summed E-state index contributed by atoms with van der Waals surface area (Å²) in [5, 5.41) is 18.7. The number of rotatable bonds is 3. The van der Waals surface area contributed by atoms with Crippen molar-refractivity contribution in [2.45, 2.75) is 33.6 Å². The fraction of sp³-hybridized carbons (Fsp3) is 0.200. The van der Waals surface area contributed by atoms with Gasteiger partial charge in [-0.05, 0) is 41.1 Å². The van der Waals surface area contributed by atoms with Gasteiger partial charge in [-0.25, -0.2) is 0 Å². The number of benzene rings is 2. The number of nitrogens with zero attached hydrogens (tertiary/aromatic N) is 2. The third-order valence-corrected chi connectivity index (χ3v) is 5.09. The third kappa shape index (κ3) is 5.82. The first-order chi connectivity index (χ1) is 14.2. The molecule has 4 aromatic rings. The van der Waals surface area contributed by atoms with E-state index in [0.717, 1.165) is 6.42 Å². The van der Waals surface area contributed by atoms with Gasteiger partial charge in [0.1, 0.15) is 6.42 Å². The van der Waals surface area contributed by atoms with E-state index < -0.39 is 0 Å². The summed E-state index contributed by atoms with van der Waals surface area (Å²) in [6.45, 7) is 6.14. The van der Waals surface area contributed by atoms with Gasteiger partial charge in [-0.3, -0.25) is 0 Å². The Bertz CT molecular complexity index is 1080. The molecule has 0 spiro atoms. The quantitative estimate of drug-likeness (QED) is 0.394. The Hall–Kier alpha value is -3.34. The van der Waals surface area contributed by atoms with Crippen molar-refractivity contribution in [3.63, 3.8) is 0 Å². The van der Waals surface area contributed by atoms with Crippen molar-refractivity contribution >= 4 is 22.2 Å². The molecule has 146 valence electrons. The van der Waals surface area contributed by atoms with Crippen LogP contribution in [0.3, 0.4) is 0 Å². The maximum Gasteiger partial charge on any atom is 0.122 e. The van der Waals surface area contributed by atoms with E-state index in [2.05, 4.69) is 78.0 Å². The van der Waals surface area contributed by atoms with Crippen LogP contribution >= 0.6 is 11.3 Å². The predicted molar refractivity (Wildman–Crippen MR) is 123 cm³/mol. The molecule has 0 aliphatic heterocycles. The largest absolute Gasteiger partial charge is 0.354 e. The average molecular weight is 400 g/mol. The lowest BCUT2D eigenvalue weighted by Crippen LogP contribution is -1.88. The summed E-state index contributed by atoms with van der Waals surface area (Å²) in [7, 11) is 0. The second kappa shape index (κ2) is 11.5. The number of aromatic amines is 1. The summed E-state index contributed by atoms with van der Waals surface area (Å²) < 4.78 is 0. The molecule has 0 saturated heterocycles. The van der Waals surface area contributed by atoms with Crippen LogP contribution in [0, 0.1) is 29.6 Å². The molecule has 3 nitrogen and oxygen atoms in total. The van der Waals surface area contributed by atoms with E-state index in [-0.39, 0.29) is 6.42 Å². The van der Waals surface area contributed by atoms with Crippen LogP contribution in [0.2, 0.25) is 0 Å². The first-order valence-electron chi connectivity index (χ1n) is 9.66. The highest BCUT2D eigenvalue weighted by molar-refractivity contribution is 7.09. The molecule has 2 heterocycles. The van der Waals surface area contributed by atoms with Gasteiger partial charge in [0.2, 0.25) is 0 Å². The average Bonchev–Trinajstić information content (AvgIpc) is 3.39. The number of nitrogens with one attached hydrogen (secondary N) is 1. The summed E-state index contributed by atoms with van der Waals surface area (Å²) in [5.74, 6) is 0. The Morgan fingerprint density at radius 1 is 0.931 bits per heavy atom. The lowest BCUT2D eigenvalue weighted by Gasteiger charge is -2.04. The Morgan fingerprint density at radius 3 is 2.24 bits per heavy atom. The molecule has 0 bridgehead atoms. The molecule has 4 rings (SSSR count). The maximum absolute atomic E-state index is 7.59. The molecule has 2 aromatic carbocycles. The second-order valence-corrected chi connectivity index (χ2v) is 7.18. The number of nitriles is 2. The van der Waals surface area contributed by atoms with Gasteiger partial charge < -0.3 is 4.98 Å². The van der Waals surface area contributed by atoms with E-state index in [1.165, 1.54) is 38.2 Å². The summed E-state index contributed by atoms with van der Waals surface area (Å²) >= 11 is 1.82. The molecule has 2 aromatic heterocycles. The number of fused-ring (bicyclic) bond motifs is 1. The zero-order valence-electron chi connectivity index (χ0n) is 17.1. The summed E-state index contributed by atoms with van der Waals surface area (Å²) in [6, 6.07) is 24.9. The van der Waals surface area contributed by atoms with Crippen LogP contribution in [0.25, 0.3) is 22.2 Å².